The van der Waals surface area contributed by atoms with E-state index < -0.39 is 0 Å². The lowest BCUT2D eigenvalue weighted by molar-refractivity contribution is -0.148. The molecule has 0 aromatic heterocycles. The number of nitrogens with zero attached hydrogens (tertiary/aromatic N) is 1. The lowest BCUT2D eigenvalue weighted by atomic mass is 10.2. The third kappa shape index (κ3) is 5.68. The monoisotopic (exact) mass is 269 g/mol. The molecule has 98 valence electrons. The molecule has 4 nitrogen and oxygen atoms in total. The molecule has 0 aliphatic heterocycles. The number of hydrogen-bond acceptors (Lipinski definition) is 4. The summed E-state index contributed by atoms with van der Waals surface area (Å²) >= 11 is 5.92. The number of hydrogen-bond donors (Lipinski definition) is 0. The number of halogens is 1. The van der Waals surface area contributed by atoms with Gasteiger partial charge in [0.05, 0.1) is 18.7 Å². The Labute approximate surface area is 112 Å². The van der Waals surface area contributed by atoms with E-state index in [0.717, 1.165) is 5.56 Å². The Hall–Kier alpha value is -1.55. The molecule has 5 heteroatoms. The van der Waals surface area contributed by atoms with Crippen LogP contribution < -0.4 is 0 Å². The van der Waals surface area contributed by atoms with Crippen LogP contribution in [0.2, 0.25) is 5.02 Å². The maximum Gasteiger partial charge on any atom is 0.309 e. The SMILES string of the molecule is CC(C)OC(=O)CCO/N=C/c1ccccc1Cl. The number of carbonyl (C=O) groups excluding carboxylic acids is 1. The molecule has 0 aliphatic carbocycles. The third-order valence-corrected chi connectivity index (χ3v) is 2.28. The summed E-state index contributed by atoms with van der Waals surface area (Å²) in [7, 11) is 0. The molecule has 0 spiro atoms. The molecule has 0 fully saturated rings. The Kier molecular flexibility index (Phi) is 6.22. The van der Waals surface area contributed by atoms with Gasteiger partial charge in [-0.1, -0.05) is 35.0 Å². The fourth-order valence-electron chi connectivity index (χ4n) is 1.18. The predicted octanol–water partition coefficient (Wildman–Crippen LogP) is 3.03. The van der Waals surface area contributed by atoms with E-state index >= 15 is 0 Å². The Balaban J connectivity index is 2.26. The first-order chi connectivity index (χ1) is 8.59. The van der Waals surface area contributed by atoms with Crippen molar-refractivity contribution in [3.05, 3.63) is 34.9 Å². The van der Waals surface area contributed by atoms with Crippen molar-refractivity contribution in [2.45, 2.75) is 26.4 Å². The average Bonchev–Trinajstić information content (AvgIpc) is 2.30. The van der Waals surface area contributed by atoms with Gasteiger partial charge in [0, 0.05) is 10.6 Å². The van der Waals surface area contributed by atoms with Gasteiger partial charge in [-0.3, -0.25) is 4.79 Å². The van der Waals surface area contributed by atoms with Crippen LogP contribution in [0.15, 0.2) is 29.4 Å². The first-order valence-electron chi connectivity index (χ1n) is 5.69. The molecule has 1 aromatic carbocycles. The largest absolute Gasteiger partial charge is 0.463 e. The zero-order chi connectivity index (χ0) is 13.4. The lowest BCUT2D eigenvalue weighted by Crippen LogP contribution is -2.12. The normalized spacial score (nSPS) is 10.9. The molecule has 0 heterocycles. The van der Waals surface area contributed by atoms with E-state index in [9.17, 15) is 4.79 Å². The molecule has 0 saturated heterocycles. The number of oxime groups is 1. The molecular formula is C13H16ClNO3. The molecule has 1 aromatic rings. The van der Waals surface area contributed by atoms with Gasteiger partial charge in [-0.15, -0.1) is 0 Å². The first-order valence-corrected chi connectivity index (χ1v) is 6.06. The number of rotatable bonds is 6. The summed E-state index contributed by atoms with van der Waals surface area (Å²) in [6.07, 6.45) is 1.58. The van der Waals surface area contributed by atoms with E-state index in [1.54, 1.807) is 19.9 Å². The second kappa shape index (κ2) is 7.71. The number of benzene rings is 1. The quantitative estimate of drug-likeness (QED) is 0.345. The van der Waals surface area contributed by atoms with E-state index in [1.165, 1.54) is 6.21 Å². The summed E-state index contributed by atoms with van der Waals surface area (Å²) in [5, 5.41) is 4.34. The van der Waals surface area contributed by atoms with E-state index in [0.29, 0.717) is 5.02 Å². The van der Waals surface area contributed by atoms with Crippen LogP contribution >= 0.6 is 11.6 Å². The Morgan fingerprint density at radius 1 is 1.44 bits per heavy atom. The van der Waals surface area contributed by atoms with Crippen molar-refractivity contribution in [2.75, 3.05) is 6.61 Å². The standard InChI is InChI=1S/C13H16ClNO3/c1-10(2)18-13(16)7-8-17-15-9-11-5-3-4-6-12(11)14/h3-6,9-10H,7-8H2,1-2H3/b15-9+. The van der Waals surface area contributed by atoms with Gasteiger partial charge in [0.25, 0.3) is 0 Å². The average molecular weight is 270 g/mol. The molecule has 0 amide bonds. The van der Waals surface area contributed by atoms with E-state index in [1.807, 2.05) is 18.2 Å². The summed E-state index contributed by atoms with van der Waals surface area (Å²) in [6.45, 7) is 3.79. The third-order valence-electron chi connectivity index (χ3n) is 1.94. The molecule has 0 N–H and O–H groups in total. The van der Waals surface area contributed by atoms with Gasteiger partial charge < -0.3 is 9.57 Å². The summed E-state index contributed by atoms with van der Waals surface area (Å²) in [6, 6.07) is 7.28. The van der Waals surface area contributed by atoms with Crippen molar-refractivity contribution in [2.24, 2.45) is 5.16 Å². The fourth-order valence-corrected chi connectivity index (χ4v) is 1.36. The summed E-state index contributed by atoms with van der Waals surface area (Å²) in [4.78, 5) is 16.1. The Morgan fingerprint density at radius 3 is 2.83 bits per heavy atom. The van der Waals surface area contributed by atoms with Gasteiger partial charge >= 0.3 is 5.97 Å². The topological polar surface area (TPSA) is 47.9 Å². The smallest absolute Gasteiger partial charge is 0.309 e. The minimum absolute atomic E-state index is 0.107. The number of esters is 1. The van der Waals surface area contributed by atoms with Gasteiger partial charge in [-0.05, 0) is 19.9 Å². The Bertz CT molecular complexity index is 418. The summed E-state index contributed by atoms with van der Waals surface area (Å²) < 4.78 is 4.94. The highest BCUT2D eigenvalue weighted by molar-refractivity contribution is 6.33. The van der Waals surface area contributed by atoms with Gasteiger partial charge in [-0.25, -0.2) is 0 Å². The zero-order valence-electron chi connectivity index (χ0n) is 10.4. The summed E-state index contributed by atoms with van der Waals surface area (Å²) in [5.74, 6) is -0.294. The first kappa shape index (κ1) is 14.5. The molecule has 1 rings (SSSR count). The highest BCUT2D eigenvalue weighted by Gasteiger charge is 2.04. The molecule has 0 atom stereocenters. The van der Waals surface area contributed by atoms with Crippen LogP contribution in [0.5, 0.6) is 0 Å². The minimum atomic E-state index is -0.294. The van der Waals surface area contributed by atoms with Crippen LogP contribution in [0, 0.1) is 0 Å². The second-order valence-electron chi connectivity index (χ2n) is 3.88. The van der Waals surface area contributed by atoms with Crippen LogP contribution in [-0.2, 0) is 14.4 Å². The van der Waals surface area contributed by atoms with Crippen LogP contribution in [0.1, 0.15) is 25.8 Å². The van der Waals surface area contributed by atoms with Crippen LogP contribution in [0.25, 0.3) is 0 Å². The van der Waals surface area contributed by atoms with E-state index in [4.69, 9.17) is 21.2 Å². The van der Waals surface area contributed by atoms with Crippen molar-refractivity contribution < 1.29 is 14.4 Å². The van der Waals surface area contributed by atoms with Crippen molar-refractivity contribution in [3.63, 3.8) is 0 Å². The summed E-state index contributed by atoms with van der Waals surface area (Å²) in [5.41, 5.74) is 0.768. The van der Waals surface area contributed by atoms with Crippen molar-refractivity contribution in [1.82, 2.24) is 0 Å². The number of ether oxygens (including phenoxy) is 1. The molecule has 0 radical (unpaired) electrons. The zero-order valence-corrected chi connectivity index (χ0v) is 11.2. The highest BCUT2D eigenvalue weighted by Crippen LogP contribution is 2.12. The lowest BCUT2D eigenvalue weighted by Gasteiger charge is -2.06. The van der Waals surface area contributed by atoms with Crippen molar-refractivity contribution in [1.29, 1.82) is 0 Å². The van der Waals surface area contributed by atoms with Gasteiger partial charge in [0.15, 0.2) is 0 Å². The molecule has 0 aliphatic rings. The maximum absolute atomic E-state index is 11.2. The van der Waals surface area contributed by atoms with E-state index in [2.05, 4.69) is 5.16 Å². The maximum atomic E-state index is 11.2. The van der Waals surface area contributed by atoms with Gasteiger partial charge in [0.1, 0.15) is 6.61 Å². The minimum Gasteiger partial charge on any atom is -0.463 e. The van der Waals surface area contributed by atoms with Crippen molar-refractivity contribution >= 4 is 23.8 Å². The highest BCUT2D eigenvalue weighted by atomic mass is 35.5. The predicted molar refractivity (Wildman–Crippen MR) is 70.8 cm³/mol. The Morgan fingerprint density at radius 2 is 2.17 bits per heavy atom. The van der Waals surface area contributed by atoms with Gasteiger partial charge in [-0.2, -0.15) is 0 Å². The fraction of sp³-hybridized carbons (Fsp3) is 0.385. The molecule has 18 heavy (non-hydrogen) atoms. The van der Waals surface area contributed by atoms with Crippen LogP contribution in [0.4, 0.5) is 0 Å². The molecule has 0 unspecified atom stereocenters. The second-order valence-corrected chi connectivity index (χ2v) is 4.29. The molecule has 0 bridgehead atoms. The van der Waals surface area contributed by atoms with Crippen LogP contribution in [0.3, 0.4) is 0 Å². The van der Waals surface area contributed by atoms with Crippen LogP contribution in [-0.4, -0.2) is 24.9 Å². The number of carbonyl (C=O) groups is 1. The van der Waals surface area contributed by atoms with Gasteiger partial charge in [0.2, 0.25) is 0 Å². The molecular weight excluding hydrogens is 254 g/mol. The van der Waals surface area contributed by atoms with E-state index in [-0.39, 0.29) is 25.1 Å². The molecule has 0 saturated carbocycles. The van der Waals surface area contributed by atoms with Crippen molar-refractivity contribution in [3.8, 4) is 0 Å².